The maximum Gasteiger partial charge on any atom is 0.248 e. The number of hydrogen-bond donors (Lipinski definition) is 3. The Hall–Kier alpha value is -3.90. The number of amides is 2. The van der Waals surface area contributed by atoms with E-state index in [1.165, 1.54) is 6.08 Å². The Morgan fingerprint density at radius 1 is 0.909 bits per heavy atom. The number of likely N-dealkylation sites (N-methyl/N-ethyl adjacent to an activating group) is 1. The molecule has 1 aliphatic rings. The minimum atomic E-state index is -0.243. The van der Waals surface area contributed by atoms with Crippen LogP contribution in [0.15, 0.2) is 84.9 Å². The van der Waals surface area contributed by atoms with E-state index in [1.54, 1.807) is 18.2 Å². The lowest BCUT2D eigenvalue weighted by atomic mass is 9.88. The van der Waals surface area contributed by atoms with Crippen LogP contribution in [-0.4, -0.2) is 36.9 Å². The van der Waals surface area contributed by atoms with Crippen LogP contribution in [0, 0.1) is 5.92 Å². The summed E-state index contributed by atoms with van der Waals surface area (Å²) >= 11 is 0. The normalized spacial score (nSPS) is 18.3. The van der Waals surface area contributed by atoms with Crippen molar-refractivity contribution in [3.63, 3.8) is 0 Å². The maximum absolute atomic E-state index is 13.0. The van der Waals surface area contributed by atoms with Gasteiger partial charge in [0.15, 0.2) is 0 Å². The molecule has 168 valence electrons. The van der Waals surface area contributed by atoms with Gasteiger partial charge in [-0.1, -0.05) is 54.6 Å². The Morgan fingerprint density at radius 3 is 2.33 bits per heavy atom. The molecule has 4 N–H and O–H groups in total. The third-order valence-corrected chi connectivity index (χ3v) is 5.89. The summed E-state index contributed by atoms with van der Waals surface area (Å²) in [5, 5.41) is 5.82. The zero-order valence-electron chi connectivity index (χ0n) is 18.6. The van der Waals surface area contributed by atoms with Gasteiger partial charge in [-0.3, -0.25) is 9.59 Å². The zero-order valence-corrected chi connectivity index (χ0v) is 18.6. The first-order valence-corrected chi connectivity index (χ1v) is 11.0. The van der Waals surface area contributed by atoms with Gasteiger partial charge in [0.05, 0.1) is 17.3 Å². The molecule has 33 heavy (non-hydrogen) atoms. The molecule has 2 atom stereocenters. The Labute approximate surface area is 194 Å². The predicted octanol–water partition coefficient (Wildman–Crippen LogP) is 4.20. The van der Waals surface area contributed by atoms with E-state index < -0.39 is 0 Å². The molecule has 4 rings (SSSR count). The SMILES string of the molecule is CN1CC(C(=O)Nc2ccccc2)C(c2ccc(/C=C/C(=O)Nc3ccccc3N)cc2)C1. The fourth-order valence-electron chi connectivity index (χ4n) is 4.17. The van der Waals surface area contributed by atoms with Crippen molar-refractivity contribution in [3.8, 4) is 0 Å². The third kappa shape index (κ3) is 5.67. The van der Waals surface area contributed by atoms with Crippen molar-refractivity contribution in [2.24, 2.45) is 5.92 Å². The molecule has 1 fully saturated rings. The molecular weight excluding hydrogens is 412 g/mol. The largest absolute Gasteiger partial charge is 0.397 e. The van der Waals surface area contributed by atoms with E-state index in [0.29, 0.717) is 17.9 Å². The number of nitrogens with zero attached hydrogens (tertiary/aromatic N) is 1. The summed E-state index contributed by atoms with van der Waals surface area (Å²) in [5.41, 5.74) is 9.82. The topological polar surface area (TPSA) is 87.5 Å². The van der Waals surface area contributed by atoms with Crippen LogP contribution >= 0.6 is 0 Å². The van der Waals surface area contributed by atoms with E-state index in [1.807, 2.05) is 73.8 Å². The summed E-state index contributed by atoms with van der Waals surface area (Å²) in [6.07, 6.45) is 3.25. The van der Waals surface area contributed by atoms with Gasteiger partial charge in [0.2, 0.25) is 11.8 Å². The first-order valence-electron chi connectivity index (χ1n) is 11.0. The number of nitrogens with one attached hydrogen (secondary N) is 2. The minimum absolute atomic E-state index is 0.0383. The van der Waals surface area contributed by atoms with Crippen LogP contribution in [0.1, 0.15) is 17.0 Å². The molecule has 1 heterocycles. The highest BCUT2D eigenvalue weighted by atomic mass is 16.2. The number of hydrogen-bond acceptors (Lipinski definition) is 4. The standard InChI is InChI=1S/C27H28N4O2/c1-31-17-22(23(18-31)27(33)29-21-7-3-2-4-8-21)20-14-11-19(12-15-20)13-16-26(32)30-25-10-6-5-9-24(25)28/h2-16,22-23H,17-18,28H2,1H3,(H,29,33)(H,30,32)/b16-13+. The lowest BCUT2D eigenvalue weighted by molar-refractivity contribution is -0.119. The molecule has 0 radical (unpaired) electrons. The highest BCUT2D eigenvalue weighted by Crippen LogP contribution is 2.33. The predicted molar refractivity (Wildman–Crippen MR) is 134 cm³/mol. The van der Waals surface area contributed by atoms with Crippen LogP contribution in [-0.2, 0) is 9.59 Å². The summed E-state index contributed by atoms with van der Waals surface area (Å²) in [4.78, 5) is 27.4. The average molecular weight is 441 g/mol. The number of nitrogens with two attached hydrogens (primary N) is 1. The van der Waals surface area contributed by atoms with E-state index in [9.17, 15) is 9.59 Å². The number of carbonyl (C=O) groups excluding carboxylic acids is 2. The van der Waals surface area contributed by atoms with Crippen LogP contribution in [0.5, 0.6) is 0 Å². The summed E-state index contributed by atoms with van der Waals surface area (Å²) in [7, 11) is 2.04. The van der Waals surface area contributed by atoms with Crippen molar-refractivity contribution in [2.45, 2.75) is 5.92 Å². The van der Waals surface area contributed by atoms with E-state index in [0.717, 1.165) is 23.4 Å². The van der Waals surface area contributed by atoms with E-state index in [4.69, 9.17) is 5.73 Å². The fourth-order valence-corrected chi connectivity index (χ4v) is 4.17. The van der Waals surface area contributed by atoms with Gasteiger partial charge in [-0.2, -0.15) is 0 Å². The quantitative estimate of drug-likeness (QED) is 0.396. The summed E-state index contributed by atoms with van der Waals surface area (Å²) in [6.45, 7) is 1.54. The first-order chi connectivity index (χ1) is 16.0. The van der Waals surface area contributed by atoms with Crippen molar-refractivity contribution in [3.05, 3.63) is 96.1 Å². The monoisotopic (exact) mass is 440 g/mol. The number of benzene rings is 3. The summed E-state index contributed by atoms with van der Waals surface area (Å²) < 4.78 is 0. The Bertz CT molecular complexity index is 1140. The smallest absolute Gasteiger partial charge is 0.248 e. The van der Waals surface area contributed by atoms with Crippen LogP contribution < -0.4 is 16.4 Å². The van der Waals surface area contributed by atoms with Gasteiger partial charge in [-0.25, -0.2) is 0 Å². The summed E-state index contributed by atoms with van der Waals surface area (Å²) in [5.74, 6) is -0.219. The minimum Gasteiger partial charge on any atom is -0.397 e. The van der Waals surface area contributed by atoms with Crippen molar-refractivity contribution < 1.29 is 9.59 Å². The Morgan fingerprint density at radius 2 is 1.61 bits per heavy atom. The molecule has 1 saturated heterocycles. The van der Waals surface area contributed by atoms with E-state index in [-0.39, 0.29) is 23.7 Å². The molecule has 3 aromatic carbocycles. The van der Waals surface area contributed by atoms with E-state index in [2.05, 4.69) is 15.5 Å². The number of carbonyl (C=O) groups is 2. The van der Waals surface area contributed by atoms with Crippen LogP contribution in [0.2, 0.25) is 0 Å². The number of para-hydroxylation sites is 3. The Kier molecular flexibility index (Phi) is 6.86. The second-order valence-corrected chi connectivity index (χ2v) is 8.37. The van der Waals surface area contributed by atoms with Crippen molar-refractivity contribution in [2.75, 3.05) is 36.5 Å². The van der Waals surface area contributed by atoms with Gasteiger partial charge in [0.1, 0.15) is 0 Å². The van der Waals surface area contributed by atoms with Crippen LogP contribution in [0.4, 0.5) is 17.1 Å². The van der Waals surface area contributed by atoms with Crippen molar-refractivity contribution >= 4 is 35.0 Å². The average Bonchev–Trinajstić information content (AvgIpc) is 3.22. The molecule has 0 aromatic heterocycles. The number of rotatable bonds is 6. The summed E-state index contributed by atoms with van der Waals surface area (Å²) in [6, 6.07) is 24.7. The fraction of sp³-hybridized carbons (Fsp3) is 0.185. The van der Waals surface area contributed by atoms with Gasteiger partial charge in [-0.05, 0) is 48.5 Å². The lowest BCUT2D eigenvalue weighted by Gasteiger charge is -2.19. The van der Waals surface area contributed by atoms with Gasteiger partial charge in [0, 0.05) is 30.8 Å². The first kappa shape index (κ1) is 22.3. The molecular formula is C27H28N4O2. The molecule has 6 heteroatoms. The highest BCUT2D eigenvalue weighted by molar-refractivity contribution is 6.03. The zero-order chi connectivity index (χ0) is 23.2. The molecule has 3 aromatic rings. The molecule has 0 aliphatic carbocycles. The second kappa shape index (κ2) is 10.1. The van der Waals surface area contributed by atoms with Crippen molar-refractivity contribution in [1.82, 2.24) is 4.90 Å². The third-order valence-electron chi connectivity index (χ3n) is 5.89. The molecule has 0 spiro atoms. The number of anilines is 3. The molecule has 0 bridgehead atoms. The molecule has 2 unspecified atom stereocenters. The van der Waals surface area contributed by atoms with Crippen molar-refractivity contribution in [1.29, 1.82) is 0 Å². The second-order valence-electron chi connectivity index (χ2n) is 8.37. The van der Waals surface area contributed by atoms with Gasteiger partial charge in [0.25, 0.3) is 0 Å². The van der Waals surface area contributed by atoms with Crippen LogP contribution in [0.25, 0.3) is 6.08 Å². The van der Waals surface area contributed by atoms with Gasteiger partial charge < -0.3 is 21.3 Å². The Balaban J connectivity index is 1.41. The number of likely N-dealkylation sites (tertiary alicyclic amines) is 1. The highest BCUT2D eigenvalue weighted by Gasteiger charge is 2.36. The molecule has 6 nitrogen and oxygen atoms in total. The van der Waals surface area contributed by atoms with Crippen LogP contribution in [0.3, 0.4) is 0 Å². The van der Waals surface area contributed by atoms with Gasteiger partial charge in [-0.15, -0.1) is 0 Å². The van der Waals surface area contributed by atoms with E-state index >= 15 is 0 Å². The lowest BCUT2D eigenvalue weighted by Crippen LogP contribution is -2.28. The van der Waals surface area contributed by atoms with Gasteiger partial charge >= 0.3 is 0 Å². The number of nitrogen functional groups attached to an aromatic ring is 1. The molecule has 0 saturated carbocycles. The maximum atomic E-state index is 13.0. The molecule has 2 amide bonds. The molecule has 1 aliphatic heterocycles.